The average molecular weight is 372 g/mol. The second-order valence-electron chi connectivity index (χ2n) is 7.16. The number of para-hydroxylation sites is 1. The number of hydrogen-bond acceptors (Lipinski definition) is 5. The molecule has 140 valence electrons. The summed E-state index contributed by atoms with van der Waals surface area (Å²) < 4.78 is 7.15. The minimum atomic E-state index is 0.0327. The first-order valence-electron chi connectivity index (χ1n) is 9.40. The lowest BCUT2D eigenvalue weighted by Crippen LogP contribution is -2.30. The van der Waals surface area contributed by atoms with Gasteiger partial charge < -0.3 is 4.42 Å². The highest BCUT2D eigenvalue weighted by Crippen LogP contribution is 2.26. The van der Waals surface area contributed by atoms with Crippen molar-refractivity contribution in [3.05, 3.63) is 71.9 Å². The maximum absolute atomic E-state index is 12.0. The first kappa shape index (κ1) is 16.9. The fourth-order valence-corrected chi connectivity index (χ4v) is 3.91. The SMILES string of the molecule is CC(=O)n1cc(CN2CCc3nc(-c4ccco4)ncc3C2)c2ccccc21. The summed E-state index contributed by atoms with van der Waals surface area (Å²) in [5, 5.41) is 1.13. The Bertz CT molecular complexity index is 1160. The van der Waals surface area contributed by atoms with Crippen LogP contribution in [0, 0.1) is 0 Å². The molecule has 0 radical (unpaired) electrons. The Balaban J connectivity index is 1.40. The third-order valence-electron chi connectivity index (χ3n) is 5.28. The molecule has 0 amide bonds. The number of benzene rings is 1. The van der Waals surface area contributed by atoms with E-state index in [0.717, 1.165) is 48.2 Å². The molecule has 6 heteroatoms. The van der Waals surface area contributed by atoms with E-state index >= 15 is 0 Å². The number of hydrogen-bond donors (Lipinski definition) is 0. The zero-order valence-corrected chi connectivity index (χ0v) is 15.6. The zero-order valence-electron chi connectivity index (χ0n) is 15.6. The van der Waals surface area contributed by atoms with Crippen LogP contribution in [0.5, 0.6) is 0 Å². The lowest BCUT2D eigenvalue weighted by atomic mass is 10.1. The molecule has 0 unspecified atom stereocenters. The lowest BCUT2D eigenvalue weighted by molar-refractivity contribution is 0.0941. The summed E-state index contributed by atoms with van der Waals surface area (Å²) in [5.41, 5.74) is 4.37. The van der Waals surface area contributed by atoms with Crippen LogP contribution in [0.1, 0.15) is 28.5 Å². The highest BCUT2D eigenvalue weighted by atomic mass is 16.3. The Hall–Kier alpha value is -3.25. The van der Waals surface area contributed by atoms with Gasteiger partial charge in [0.05, 0.1) is 17.5 Å². The number of aromatic nitrogens is 3. The van der Waals surface area contributed by atoms with Crippen LogP contribution >= 0.6 is 0 Å². The van der Waals surface area contributed by atoms with Gasteiger partial charge in [0, 0.05) is 56.3 Å². The Morgan fingerprint density at radius 1 is 1.21 bits per heavy atom. The van der Waals surface area contributed by atoms with Gasteiger partial charge in [0.25, 0.3) is 0 Å². The molecule has 0 saturated heterocycles. The highest BCUT2D eigenvalue weighted by Gasteiger charge is 2.21. The number of fused-ring (bicyclic) bond motifs is 2. The fraction of sp³-hybridized carbons (Fsp3) is 0.227. The van der Waals surface area contributed by atoms with Gasteiger partial charge >= 0.3 is 0 Å². The Labute approximate surface area is 162 Å². The summed E-state index contributed by atoms with van der Waals surface area (Å²) in [4.78, 5) is 23.5. The van der Waals surface area contributed by atoms with E-state index in [-0.39, 0.29) is 5.91 Å². The fourth-order valence-electron chi connectivity index (χ4n) is 3.91. The van der Waals surface area contributed by atoms with Crippen LogP contribution in [-0.4, -0.2) is 31.9 Å². The number of carbonyl (C=O) groups is 1. The summed E-state index contributed by atoms with van der Waals surface area (Å²) in [6.07, 6.45) is 6.39. The molecule has 0 saturated carbocycles. The van der Waals surface area contributed by atoms with Crippen LogP contribution in [0.2, 0.25) is 0 Å². The molecule has 0 aliphatic carbocycles. The van der Waals surface area contributed by atoms with E-state index in [1.54, 1.807) is 17.8 Å². The number of carbonyl (C=O) groups excluding carboxylic acids is 1. The van der Waals surface area contributed by atoms with E-state index in [1.165, 1.54) is 5.56 Å². The van der Waals surface area contributed by atoms with Gasteiger partial charge in [-0.2, -0.15) is 0 Å². The molecule has 0 spiro atoms. The van der Waals surface area contributed by atoms with Crippen molar-refractivity contribution in [3.8, 4) is 11.6 Å². The van der Waals surface area contributed by atoms with Crippen LogP contribution in [0.25, 0.3) is 22.5 Å². The molecule has 1 aromatic carbocycles. The highest BCUT2D eigenvalue weighted by molar-refractivity contribution is 5.93. The van der Waals surface area contributed by atoms with Gasteiger partial charge in [0.2, 0.25) is 5.91 Å². The molecule has 0 bridgehead atoms. The number of rotatable bonds is 3. The van der Waals surface area contributed by atoms with Crippen molar-refractivity contribution >= 4 is 16.8 Å². The van der Waals surface area contributed by atoms with Gasteiger partial charge in [-0.25, -0.2) is 9.97 Å². The van der Waals surface area contributed by atoms with Gasteiger partial charge in [-0.1, -0.05) is 18.2 Å². The molecule has 1 aliphatic heterocycles. The topological polar surface area (TPSA) is 64.2 Å². The zero-order chi connectivity index (χ0) is 19.1. The molecule has 4 aromatic rings. The smallest absolute Gasteiger partial charge is 0.227 e. The number of nitrogens with zero attached hydrogens (tertiary/aromatic N) is 4. The van der Waals surface area contributed by atoms with E-state index in [9.17, 15) is 4.79 Å². The van der Waals surface area contributed by atoms with Crippen molar-refractivity contribution in [1.82, 2.24) is 19.4 Å². The molecule has 1 aliphatic rings. The molecule has 0 N–H and O–H groups in total. The third kappa shape index (κ3) is 2.92. The van der Waals surface area contributed by atoms with Gasteiger partial charge in [-0.3, -0.25) is 14.3 Å². The van der Waals surface area contributed by atoms with Gasteiger partial charge in [-0.15, -0.1) is 0 Å². The largest absolute Gasteiger partial charge is 0.461 e. The standard InChI is InChI=1S/C22H20N4O2/c1-15(27)26-14-17(18-5-2-3-6-20(18)26)13-25-9-8-19-16(12-25)11-23-22(24-19)21-7-4-10-28-21/h2-7,10-11,14H,8-9,12-13H2,1H3. The molecule has 4 heterocycles. The normalized spacial score (nSPS) is 14.3. The first-order valence-corrected chi connectivity index (χ1v) is 9.40. The predicted octanol–water partition coefficient (Wildman–Crippen LogP) is 3.91. The molecule has 3 aromatic heterocycles. The van der Waals surface area contributed by atoms with E-state index in [2.05, 4.69) is 16.0 Å². The van der Waals surface area contributed by atoms with Crippen LogP contribution in [0.4, 0.5) is 0 Å². The minimum Gasteiger partial charge on any atom is -0.461 e. The van der Waals surface area contributed by atoms with Crippen molar-refractivity contribution in [1.29, 1.82) is 0 Å². The maximum Gasteiger partial charge on any atom is 0.227 e. The summed E-state index contributed by atoms with van der Waals surface area (Å²) in [6.45, 7) is 4.11. The molecule has 0 fully saturated rings. The molecule has 28 heavy (non-hydrogen) atoms. The molecular weight excluding hydrogens is 352 g/mol. The molecule has 0 atom stereocenters. The Morgan fingerprint density at radius 3 is 2.93 bits per heavy atom. The predicted molar refractivity (Wildman–Crippen MR) is 106 cm³/mol. The summed E-state index contributed by atoms with van der Waals surface area (Å²) in [5.74, 6) is 1.37. The Kier molecular flexibility index (Phi) is 4.06. The van der Waals surface area contributed by atoms with E-state index in [0.29, 0.717) is 11.6 Å². The van der Waals surface area contributed by atoms with Gasteiger partial charge in [-0.05, 0) is 23.8 Å². The van der Waals surface area contributed by atoms with Crippen molar-refractivity contribution in [2.75, 3.05) is 6.54 Å². The minimum absolute atomic E-state index is 0.0327. The van der Waals surface area contributed by atoms with Crippen molar-refractivity contribution < 1.29 is 9.21 Å². The van der Waals surface area contributed by atoms with Gasteiger partial charge in [0.15, 0.2) is 11.6 Å². The summed E-state index contributed by atoms with van der Waals surface area (Å²) >= 11 is 0. The Morgan fingerprint density at radius 2 is 2.11 bits per heavy atom. The lowest BCUT2D eigenvalue weighted by Gasteiger charge is -2.27. The van der Waals surface area contributed by atoms with E-state index < -0.39 is 0 Å². The van der Waals surface area contributed by atoms with Crippen LogP contribution in [0.15, 0.2) is 59.5 Å². The summed E-state index contributed by atoms with van der Waals surface area (Å²) in [6, 6.07) is 11.8. The number of furan rings is 1. The van der Waals surface area contributed by atoms with Crippen molar-refractivity contribution in [2.24, 2.45) is 0 Å². The maximum atomic E-state index is 12.0. The van der Waals surface area contributed by atoms with E-state index in [1.807, 2.05) is 42.7 Å². The van der Waals surface area contributed by atoms with Gasteiger partial charge in [0.1, 0.15) is 0 Å². The van der Waals surface area contributed by atoms with Crippen molar-refractivity contribution in [3.63, 3.8) is 0 Å². The third-order valence-corrected chi connectivity index (χ3v) is 5.28. The van der Waals surface area contributed by atoms with Crippen LogP contribution < -0.4 is 0 Å². The second-order valence-corrected chi connectivity index (χ2v) is 7.16. The van der Waals surface area contributed by atoms with Crippen LogP contribution in [-0.2, 0) is 19.5 Å². The first-order chi connectivity index (χ1) is 13.7. The average Bonchev–Trinajstić information content (AvgIpc) is 3.36. The quantitative estimate of drug-likeness (QED) is 0.546. The molecular formula is C22H20N4O2. The monoisotopic (exact) mass is 372 g/mol. The van der Waals surface area contributed by atoms with E-state index in [4.69, 9.17) is 9.40 Å². The van der Waals surface area contributed by atoms with Crippen molar-refractivity contribution in [2.45, 2.75) is 26.4 Å². The summed E-state index contributed by atoms with van der Waals surface area (Å²) in [7, 11) is 0. The molecule has 6 nitrogen and oxygen atoms in total. The second kappa shape index (κ2) is 6.73. The molecule has 5 rings (SSSR count). The van der Waals surface area contributed by atoms with Crippen LogP contribution in [0.3, 0.4) is 0 Å².